The van der Waals surface area contributed by atoms with Crippen molar-refractivity contribution in [1.82, 2.24) is 4.98 Å². The SMILES string of the molecule is O=C(Nc1ccc(-c2nc3cc(Cl)ccc3o2)cc1)c1ccc(F)cc1. The average Bonchev–Trinajstić information content (AvgIpc) is 3.06. The monoisotopic (exact) mass is 366 g/mol. The van der Waals surface area contributed by atoms with Gasteiger partial charge in [0.05, 0.1) is 0 Å². The summed E-state index contributed by atoms with van der Waals surface area (Å²) in [4.78, 5) is 16.6. The molecule has 0 bridgehead atoms. The summed E-state index contributed by atoms with van der Waals surface area (Å²) in [6.07, 6.45) is 0. The van der Waals surface area contributed by atoms with E-state index in [1.807, 2.05) is 0 Å². The lowest BCUT2D eigenvalue weighted by Gasteiger charge is -2.05. The highest BCUT2D eigenvalue weighted by atomic mass is 35.5. The van der Waals surface area contributed by atoms with Gasteiger partial charge in [0, 0.05) is 21.8 Å². The van der Waals surface area contributed by atoms with Gasteiger partial charge in [-0.25, -0.2) is 9.37 Å². The summed E-state index contributed by atoms with van der Waals surface area (Å²) in [5.74, 6) is -0.224. The van der Waals surface area contributed by atoms with Crippen LogP contribution in [0.1, 0.15) is 10.4 Å². The number of hydrogen-bond acceptors (Lipinski definition) is 3. The zero-order chi connectivity index (χ0) is 18.1. The van der Waals surface area contributed by atoms with Gasteiger partial charge in [-0.15, -0.1) is 0 Å². The van der Waals surface area contributed by atoms with Crippen LogP contribution in [0.2, 0.25) is 5.02 Å². The van der Waals surface area contributed by atoms with Crippen molar-refractivity contribution >= 4 is 34.3 Å². The van der Waals surface area contributed by atoms with E-state index in [4.69, 9.17) is 16.0 Å². The number of amides is 1. The van der Waals surface area contributed by atoms with Crippen LogP contribution in [0.4, 0.5) is 10.1 Å². The maximum absolute atomic E-state index is 12.9. The molecule has 0 aliphatic carbocycles. The number of hydrogen-bond donors (Lipinski definition) is 1. The van der Waals surface area contributed by atoms with E-state index in [0.717, 1.165) is 5.56 Å². The molecule has 4 aromatic rings. The molecule has 0 atom stereocenters. The molecule has 3 aromatic carbocycles. The molecule has 0 radical (unpaired) electrons. The Kier molecular flexibility index (Phi) is 4.14. The first-order chi connectivity index (χ1) is 12.6. The Balaban J connectivity index is 1.54. The number of halogens is 2. The van der Waals surface area contributed by atoms with Crippen molar-refractivity contribution in [3.63, 3.8) is 0 Å². The number of anilines is 1. The van der Waals surface area contributed by atoms with Gasteiger partial charge in [0.15, 0.2) is 5.58 Å². The molecule has 4 rings (SSSR count). The Morgan fingerprint density at radius 2 is 1.73 bits per heavy atom. The van der Waals surface area contributed by atoms with Crippen molar-refractivity contribution < 1.29 is 13.6 Å². The summed E-state index contributed by atoms with van der Waals surface area (Å²) in [5, 5.41) is 3.35. The number of aromatic nitrogens is 1. The zero-order valence-corrected chi connectivity index (χ0v) is 14.1. The van der Waals surface area contributed by atoms with Crippen molar-refractivity contribution in [2.45, 2.75) is 0 Å². The lowest BCUT2D eigenvalue weighted by molar-refractivity contribution is 0.102. The number of rotatable bonds is 3. The molecule has 0 saturated carbocycles. The summed E-state index contributed by atoms with van der Waals surface area (Å²) in [6, 6.07) is 17.7. The van der Waals surface area contributed by atoms with Crippen LogP contribution in [0, 0.1) is 5.82 Å². The van der Waals surface area contributed by atoms with Gasteiger partial charge < -0.3 is 9.73 Å². The van der Waals surface area contributed by atoms with Gasteiger partial charge in [-0.2, -0.15) is 0 Å². The van der Waals surface area contributed by atoms with Gasteiger partial charge in [0.2, 0.25) is 5.89 Å². The number of nitrogens with one attached hydrogen (secondary N) is 1. The summed E-state index contributed by atoms with van der Waals surface area (Å²) < 4.78 is 18.6. The summed E-state index contributed by atoms with van der Waals surface area (Å²) in [5.41, 5.74) is 3.10. The van der Waals surface area contributed by atoms with Gasteiger partial charge in [-0.1, -0.05) is 11.6 Å². The van der Waals surface area contributed by atoms with E-state index < -0.39 is 0 Å². The van der Waals surface area contributed by atoms with Crippen LogP contribution < -0.4 is 5.32 Å². The highest BCUT2D eigenvalue weighted by Crippen LogP contribution is 2.27. The first-order valence-electron chi connectivity index (χ1n) is 7.82. The Morgan fingerprint density at radius 3 is 2.46 bits per heavy atom. The van der Waals surface area contributed by atoms with Crippen molar-refractivity contribution in [2.24, 2.45) is 0 Å². The minimum Gasteiger partial charge on any atom is -0.436 e. The second-order valence-electron chi connectivity index (χ2n) is 5.67. The first-order valence-corrected chi connectivity index (χ1v) is 8.20. The van der Waals surface area contributed by atoms with Crippen molar-refractivity contribution in [3.8, 4) is 11.5 Å². The van der Waals surface area contributed by atoms with Crippen molar-refractivity contribution in [2.75, 3.05) is 5.32 Å². The van der Waals surface area contributed by atoms with Gasteiger partial charge >= 0.3 is 0 Å². The molecule has 26 heavy (non-hydrogen) atoms. The smallest absolute Gasteiger partial charge is 0.255 e. The predicted molar refractivity (Wildman–Crippen MR) is 98.8 cm³/mol. The Morgan fingerprint density at radius 1 is 1.00 bits per heavy atom. The second-order valence-corrected chi connectivity index (χ2v) is 6.11. The van der Waals surface area contributed by atoms with Crippen LogP contribution >= 0.6 is 11.6 Å². The van der Waals surface area contributed by atoms with Crippen LogP contribution in [-0.4, -0.2) is 10.9 Å². The molecule has 0 fully saturated rings. The topological polar surface area (TPSA) is 55.1 Å². The molecule has 1 aromatic heterocycles. The number of benzene rings is 3. The molecule has 4 nitrogen and oxygen atoms in total. The minimum atomic E-state index is -0.384. The van der Waals surface area contributed by atoms with Gasteiger partial charge in [-0.3, -0.25) is 4.79 Å². The third-order valence-corrected chi connectivity index (χ3v) is 4.08. The molecular weight excluding hydrogens is 355 g/mol. The van der Waals surface area contributed by atoms with Crippen LogP contribution in [0.25, 0.3) is 22.6 Å². The van der Waals surface area contributed by atoms with Crippen molar-refractivity contribution in [3.05, 3.63) is 83.1 Å². The quantitative estimate of drug-likeness (QED) is 0.518. The van der Waals surface area contributed by atoms with Crippen LogP contribution in [-0.2, 0) is 0 Å². The molecule has 1 amide bonds. The van der Waals surface area contributed by atoms with E-state index in [0.29, 0.717) is 33.3 Å². The number of carbonyl (C=O) groups excluding carboxylic acids is 1. The molecule has 0 saturated heterocycles. The summed E-state index contributed by atoms with van der Waals surface area (Å²) in [7, 11) is 0. The average molecular weight is 367 g/mol. The highest BCUT2D eigenvalue weighted by Gasteiger charge is 2.10. The first kappa shape index (κ1) is 16.3. The van der Waals surface area contributed by atoms with Gasteiger partial charge in [-0.05, 0) is 66.7 Å². The van der Waals surface area contributed by atoms with Crippen molar-refractivity contribution in [1.29, 1.82) is 0 Å². The molecule has 1 heterocycles. The molecule has 0 spiro atoms. The molecule has 0 aliphatic rings. The maximum atomic E-state index is 12.9. The second kappa shape index (κ2) is 6.61. The van der Waals surface area contributed by atoms with Crippen LogP contribution in [0.15, 0.2) is 71.1 Å². The molecule has 0 aliphatic heterocycles. The fourth-order valence-electron chi connectivity index (χ4n) is 2.52. The van der Waals surface area contributed by atoms with E-state index in [9.17, 15) is 9.18 Å². The van der Waals surface area contributed by atoms with E-state index >= 15 is 0 Å². The zero-order valence-electron chi connectivity index (χ0n) is 13.4. The van der Waals surface area contributed by atoms with E-state index in [1.165, 1.54) is 24.3 Å². The Bertz CT molecular complexity index is 1090. The van der Waals surface area contributed by atoms with Crippen LogP contribution in [0.3, 0.4) is 0 Å². The maximum Gasteiger partial charge on any atom is 0.255 e. The van der Waals surface area contributed by atoms with Gasteiger partial charge in [0.1, 0.15) is 11.3 Å². The third-order valence-electron chi connectivity index (χ3n) is 3.85. The highest BCUT2D eigenvalue weighted by molar-refractivity contribution is 6.31. The van der Waals surface area contributed by atoms with E-state index in [-0.39, 0.29) is 11.7 Å². The lowest BCUT2D eigenvalue weighted by atomic mass is 10.2. The normalized spacial score (nSPS) is 10.8. The molecular formula is C20H12ClFN2O2. The molecule has 128 valence electrons. The standard InChI is InChI=1S/C20H12ClFN2O2/c21-14-5-10-18-17(11-14)24-20(26-18)13-3-8-16(9-4-13)23-19(25)12-1-6-15(22)7-2-12/h1-11H,(H,23,25). The lowest BCUT2D eigenvalue weighted by Crippen LogP contribution is -2.11. The minimum absolute atomic E-state index is 0.311. The molecule has 0 unspecified atom stereocenters. The fourth-order valence-corrected chi connectivity index (χ4v) is 2.69. The molecule has 6 heteroatoms. The Hall–Kier alpha value is -3.18. The van der Waals surface area contributed by atoms with Crippen LogP contribution in [0.5, 0.6) is 0 Å². The predicted octanol–water partition coefficient (Wildman–Crippen LogP) is 5.54. The largest absolute Gasteiger partial charge is 0.436 e. The van der Waals surface area contributed by atoms with E-state index in [1.54, 1.807) is 42.5 Å². The van der Waals surface area contributed by atoms with E-state index in [2.05, 4.69) is 10.3 Å². The number of carbonyl (C=O) groups is 1. The van der Waals surface area contributed by atoms with Gasteiger partial charge in [0.25, 0.3) is 5.91 Å². The summed E-state index contributed by atoms with van der Waals surface area (Å²) in [6.45, 7) is 0. The number of nitrogens with zero attached hydrogens (tertiary/aromatic N) is 1. The third kappa shape index (κ3) is 3.30. The number of oxazole rings is 1. The Labute approximate surface area is 153 Å². The summed E-state index contributed by atoms with van der Waals surface area (Å²) >= 11 is 5.96. The molecule has 1 N–H and O–H groups in total. The fraction of sp³-hybridized carbons (Fsp3) is 0. The number of fused-ring (bicyclic) bond motifs is 1.